The smallest absolute Gasteiger partial charge is 0.388 e. The largest absolute Gasteiger partial charge is 0.416 e. The molecule has 0 atom stereocenters. The number of nitrogens with zero attached hydrogens (tertiary/aromatic N) is 3. The highest BCUT2D eigenvalue weighted by Crippen LogP contribution is 2.40. The lowest BCUT2D eigenvalue weighted by atomic mass is 10.1. The highest BCUT2D eigenvalue weighted by molar-refractivity contribution is 6.99. The van der Waals surface area contributed by atoms with Gasteiger partial charge in [-0.2, -0.15) is 4.37 Å². The second-order valence-electron chi connectivity index (χ2n) is 4.86. The molecule has 2 aromatic rings. The van der Waals surface area contributed by atoms with Crippen LogP contribution in [-0.4, -0.2) is 39.2 Å². The molecule has 10 heteroatoms. The molecule has 0 aliphatic rings. The Morgan fingerprint density at radius 2 is 2.04 bits per heavy atom. The van der Waals surface area contributed by atoms with Crippen LogP contribution in [0, 0.1) is 0 Å². The molecule has 0 spiro atoms. The predicted octanol–water partition coefficient (Wildman–Crippen LogP) is 3.45. The lowest BCUT2D eigenvalue weighted by Gasteiger charge is -2.15. The van der Waals surface area contributed by atoms with Gasteiger partial charge >= 0.3 is 6.09 Å². The molecule has 0 saturated heterocycles. The van der Waals surface area contributed by atoms with Crippen molar-refractivity contribution in [1.29, 1.82) is 0 Å². The normalized spacial score (nSPS) is 10.5. The van der Waals surface area contributed by atoms with Crippen molar-refractivity contribution in [2.24, 2.45) is 5.73 Å². The number of aromatic nitrogens is 2. The van der Waals surface area contributed by atoms with Gasteiger partial charge in [-0.3, -0.25) is 4.79 Å². The fourth-order valence-corrected chi connectivity index (χ4v) is 3.08. The molecule has 0 saturated carbocycles. The van der Waals surface area contributed by atoms with Crippen molar-refractivity contribution in [1.82, 2.24) is 13.6 Å². The van der Waals surface area contributed by atoms with Crippen LogP contribution in [0.25, 0.3) is 11.3 Å². The van der Waals surface area contributed by atoms with Crippen molar-refractivity contribution in [2.75, 3.05) is 13.6 Å². The minimum absolute atomic E-state index is 0.0293. The van der Waals surface area contributed by atoms with Crippen LogP contribution in [-0.2, 0) is 0 Å². The standard InChI is InChI=1S/C14H14Cl2N4O3S/c1-3-6-20(2)14(22)23-13-11(18-24-19-13)9-8(15)5-4-7(10(9)16)12(17)21/h4-5H,3,6H2,1-2H3,(H2,17,21). The number of benzene rings is 1. The van der Waals surface area contributed by atoms with E-state index in [-0.39, 0.29) is 32.7 Å². The average molecular weight is 389 g/mol. The zero-order valence-electron chi connectivity index (χ0n) is 12.9. The van der Waals surface area contributed by atoms with Gasteiger partial charge in [0.05, 0.1) is 27.3 Å². The van der Waals surface area contributed by atoms with E-state index in [4.69, 9.17) is 33.7 Å². The summed E-state index contributed by atoms with van der Waals surface area (Å²) in [6, 6.07) is 2.88. The van der Waals surface area contributed by atoms with Gasteiger partial charge in [0.25, 0.3) is 5.88 Å². The lowest BCUT2D eigenvalue weighted by Crippen LogP contribution is -2.30. The summed E-state index contributed by atoms with van der Waals surface area (Å²) in [5, 5.41) is 0.263. The molecule has 0 unspecified atom stereocenters. The molecule has 1 aromatic heterocycles. The van der Waals surface area contributed by atoms with Crippen molar-refractivity contribution in [3.8, 4) is 17.1 Å². The zero-order chi connectivity index (χ0) is 17.9. The van der Waals surface area contributed by atoms with Crippen LogP contribution in [0.1, 0.15) is 23.7 Å². The minimum Gasteiger partial charge on any atom is -0.388 e. The fourth-order valence-electron chi connectivity index (χ4n) is 1.95. The van der Waals surface area contributed by atoms with Gasteiger partial charge in [-0.15, -0.1) is 4.37 Å². The minimum atomic E-state index is -0.706. The highest BCUT2D eigenvalue weighted by Gasteiger charge is 2.24. The van der Waals surface area contributed by atoms with E-state index in [0.29, 0.717) is 6.54 Å². The van der Waals surface area contributed by atoms with E-state index in [1.165, 1.54) is 17.0 Å². The summed E-state index contributed by atoms with van der Waals surface area (Å²) in [6.07, 6.45) is 0.204. The van der Waals surface area contributed by atoms with Gasteiger partial charge in [0.15, 0.2) is 5.69 Å². The average Bonchev–Trinajstić information content (AvgIpc) is 2.95. The summed E-state index contributed by atoms with van der Waals surface area (Å²) in [4.78, 5) is 24.9. The number of amides is 2. The molecule has 1 heterocycles. The van der Waals surface area contributed by atoms with Crippen molar-refractivity contribution in [3.63, 3.8) is 0 Å². The van der Waals surface area contributed by atoms with Crippen LogP contribution in [0.5, 0.6) is 5.88 Å². The molecule has 0 aliphatic heterocycles. The fraction of sp³-hybridized carbons (Fsp3) is 0.286. The molecular formula is C14H14Cl2N4O3S. The van der Waals surface area contributed by atoms with Crippen LogP contribution in [0.15, 0.2) is 12.1 Å². The maximum absolute atomic E-state index is 12.0. The molecule has 0 aliphatic carbocycles. The third-order valence-electron chi connectivity index (χ3n) is 3.11. The Balaban J connectivity index is 2.42. The second-order valence-corrected chi connectivity index (χ2v) is 6.17. The van der Waals surface area contributed by atoms with Gasteiger partial charge in [0.1, 0.15) is 0 Å². The van der Waals surface area contributed by atoms with Gasteiger partial charge in [-0.25, -0.2) is 4.79 Å². The molecule has 24 heavy (non-hydrogen) atoms. The van der Waals surface area contributed by atoms with Crippen molar-refractivity contribution < 1.29 is 14.3 Å². The Labute approximate surface area is 152 Å². The zero-order valence-corrected chi connectivity index (χ0v) is 15.2. The number of nitrogens with two attached hydrogens (primary N) is 1. The van der Waals surface area contributed by atoms with Crippen LogP contribution >= 0.6 is 34.9 Å². The van der Waals surface area contributed by atoms with E-state index in [9.17, 15) is 9.59 Å². The van der Waals surface area contributed by atoms with Gasteiger partial charge in [0, 0.05) is 19.2 Å². The Hall–Kier alpha value is -1.90. The molecule has 0 radical (unpaired) electrons. The molecule has 0 fully saturated rings. The number of carbonyl (C=O) groups excluding carboxylic acids is 2. The third kappa shape index (κ3) is 3.77. The van der Waals surface area contributed by atoms with Gasteiger partial charge in [0.2, 0.25) is 5.91 Å². The van der Waals surface area contributed by atoms with Crippen molar-refractivity contribution in [3.05, 3.63) is 27.7 Å². The lowest BCUT2D eigenvalue weighted by molar-refractivity contribution is 0.100. The second kappa shape index (κ2) is 7.78. The molecule has 7 nitrogen and oxygen atoms in total. The summed E-state index contributed by atoms with van der Waals surface area (Å²) in [5.74, 6) is -0.735. The number of hydrogen-bond donors (Lipinski definition) is 1. The number of hydrogen-bond acceptors (Lipinski definition) is 6. The van der Waals surface area contributed by atoms with Crippen LogP contribution in [0.2, 0.25) is 10.0 Å². The first-order chi connectivity index (χ1) is 11.4. The Kier molecular flexibility index (Phi) is 5.98. The maximum Gasteiger partial charge on any atom is 0.416 e. The molecule has 2 N–H and O–H groups in total. The molecule has 0 bridgehead atoms. The number of carbonyl (C=O) groups is 2. The predicted molar refractivity (Wildman–Crippen MR) is 92.8 cm³/mol. The number of primary amides is 1. The van der Waals surface area contributed by atoms with E-state index in [2.05, 4.69) is 8.75 Å². The summed E-state index contributed by atoms with van der Waals surface area (Å²) in [5.41, 5.74) is 5.79. The van der Waals surface area contributed by atoms with Gasteiger partial charge in [-0.05, 0) is 18.6 Å². The van der Waals surface area contributed by atoms with E-state index in [1.807, 2.05) is 6.92 Å². The third-order valence-corrected chi connectivity index (χ3v) is 4.33. The molecule has 2 rings (SSSR count). The van der Waals surface area contributed by atoms with E-state index >= 15 is 0 Å². The van der Waals surface area contributed by atoms with Crippen molar-refractivity contribution in [2.45, 2.75) is 13.3 Å². The number of ether oxygens (including phenoxy) is 1. The van der Waals surface area contributed by atoms with Crippen LogP contribution in [0.3, 0.4) is 0 Å². The first-order valence-electron chi connectivity index (χ1n) is 6.90. The summed E-state index contributed by atoms with van der Waals surface area (Å²) in [6.45, 7) is 2.47. The highest BCUT2D eigenvalue weighted by atomic mass is 35.5. The van der Waals surface area contributed by atoms with Crippen LogP contribution < -0.4 is 10.5 Å². The Morgan fingerprint density at radius 3 is 2.67 bits per heavy atom. The SMILES string of the molecule is CCCN(C)C(=O)Oc1nsnc1-c1c(Cl)ccc(C(N)=O)c1Cl. The molecular weight excluding hydrogens is 375 g/mol. The van der Waals surface area contributed by atoms with E-state index < -0.39 is 12.0 Å². The number of halogens is 2. The van der Waals surface area contributed by atoms with Gasteiger partial charge < -0.3 is 15.4 Å². The summed E-state index contributed by atoms with van der Waals surface area (Å²) in [7, 11) is 1.61. The first-order valence-corrected chi connectivity index (χ1v) is 8.39. The Morgan fingerprint density at radius 1 is 1.33 bits per heavy atom. The van der Waals surface area contributed by atoms with Crippen molar-refractivity contribution >= 4 is 46.9 Å². The van der Waals surface area contributed by atoms with E-state index in [1.54, 1.807) is 7.05 Å². The Bertz CT molecular complexity index is 781. The molecule has 1 aromatic carbocycles. The van der Waals surface area contributed by atoms with E-state index in [0.717, 1.165) is 18.1 Å². The quantitative estimate of drug-likeness (QED) is 0.845. The molecule has 2 amide bonds. The summed E-state index contributed by atoms with van der Waals surface area (Å²) >= 11 is 13.2. The summed E-state index contributed by atoms with van der Waals surface area (Å²) < 4.78 is 13.3. The first kappa shape index (κ1) is 18.4. The molecule has 128 valence electrons. The van der Waals surface area contributed by atoms with Crippen LogP contribution in [0.4, 0.5) is 4.79 Å². The van der Waals surface area contributed by atoms with Gasteiger partial charge in [-0.1, -0.05) is 30.1 Å². The maximum atomic E-state index is 12.0. The monoisotopic (exact) mass is 388 g/mol. The topological polar surface area (TPSA) is 98.4 Å². The number of rotatable bonds is 5.